The van der Waals surface area contributed by atoms with Gasteiger partial charge in [0.05, 0.1) is 5.69 Å². The predicted octanol–water partition coefficient (Wildman–Crippen LogP) is 3.82. The summed E-state index contributed by atoms with van der Waals surface area (Å²) in [6.45, 7) is 3.01. The molecule has 0 unspecified atom stereocenters. The van der Waals surface area contributed by atoms with E-state index < -0.39 is 0 Å². The average molecular weight is 359 g/mol. The third kappa shape index (κ3) is 4.25. The topological polar surface area (TPSA) is 45.2 Å². The van der Waals surface area contributed by atoms with Crippen molar-refractivity contribution >= 4 is 11.8 Å². The molecule has 5 nitrogen and oxygen atoms in total. The minimum atomic E-state index is 0.785. The van der Waals surface area contributed by atoms with Gasteiger partial charge in [-0.3, -0.25) is 4.98 Å². The van der Waals surface area contributed by atoms with Gasteiger partial charge in [0.2, 0.25) is 5.95 Å². The Hall–Kier alpha value is -2.95. The molecule has 1 fully saturated rings. The minimum Gasteiger partial charge on any atom is -0.356 e. The van der Waals surface area contributed by atoms with Crippen molar-refractivity contribution < 1.29 is 0 Å². The summed E-state index contributed by atoms with van der Waals surface area (Å²) in [5, 5.41) is 0. The van der Waals surface area contributed by atoms with Crippen molar-refractivity contribution in [1.29, 1.82) is 0 Å². The number of benzene rings is 1. The highest BCUT2D eigenvalue weighted by atomic mass is 15.3. The number of hydrogen-bond acceptors (Lipinski definition) is 5. The van der Waals surface area contributed by atoms with E-state index in [1.807, 2.05) is 18.5 Å². The van der Waals surface area contributed by atoms with E-state index in [9.17, 15) is 0 Å². The molecule has 0 saturated carbocycles. The third-order valence-corrected chi connectivity index (χ3v) is 5.03. The maximum absolute atomic E-state index is 4.88. The fourth-order valence-electron chi connectivity index (χ4n) is 3.40. The third-order valence-electron chi connectivity index (χ3n) is 5.03. The normalized spacial score (nSPS) is 13.7. The van der Waals surface area contributed by atoms with Gasteiger partial charge in [0.25, 0.3) is 0 Å². The van der Waals surface area contributed by atoms with Gasteiger partial charge >= 0.3 is 0 Å². The minimum absolute atomic E-state index is 0.785. The predicted molar refractivity (Wildman–Crippen MR) is 110 cm³/mol. The first kappa shape index (κ1) is 17.5. The van der Waals surface area contributed by atoms with Crippen LogP contribution in [0.4, 0.5) is 11.8 Å². The molecule has 1 saturated heterocycles. The molecule has 3 heterocycles. The largest absolute Gasteiger partial charge is 0.356 e. The van der Waals surface area contributed by atoms with Gasteiger partial charge in [-0.1, -0.05) is 30.3 Å². The first-order chi connectivity index (χ1) is 13.3. The number of pyridine rings is 1. The Morgan fingerprint density at radius 2 is 1.70 bits per heavy atom. The van der Waals surface area contributed by atoms with Gasteiger partial charge in [0.1, 0.15) is 5.82 Å². The van der Waals surface area contributed by atoms with Crippen molar-refractivity contribution in [2.45, 2.75) is 19.3 Å². The summed E-state index contributed by atoms with van der Waals surface area (Å²) < 4.78 is 0. The van der Waals surface area contributed by atoms with Gasteiger partial charge in [-0.15, -0.1) is 0 Å². The summed E-state index contributed by atoms with van der Waals surface area (Å²) in [4.78, 5) is 18.3. The van der Waals surface area contributed by atoms with Crippen LogP contribution in [0.15, 0.2) is 60.9 Å². The molecule has 1 aliphatic rings. The molecule has 27 heavy (non-hydrogen) atoms. The first-order valence-corrected chi connectivity index (χ1v) is 9.59. The number of likely N-dealkylation sites (N-methyl/N-ethyl adjacent to an activating group) is 1. The second-order valence-electron chi connectivity index (χ2n) is 7.00. The van der Waals surface area contributed by atoms with Crippen LogP contribution < -0.4 is 9.80 Å². The quantitative estimate of drug-likeness (QED) is 0.669. The molecule has 0 aliphatic carbocycles. The number of aromatic nitrogens is 3. The molecule has 2 aromatic heterocycles. The maximum atomic E-state index is 4.88. The zero-order chi connectivity index (χ0) is 18.5. The fourth-order valence-corrected chi connectivity index (χ4v) is 3.40. The molecule has 0 radical (unpaired) electrons. The van der Waals surface area contributed by atoms with Crippen molar-refractivity contribution in [3.63, 3.8) is 0 Å². The Kier molecular flexibility index (Phi) is 5.28. The second kappa shape index (κ2) is 8.16. The van der Waals surface area contributed by atoms with E-state index in [1.165, 1.54) is 18.4 Å². The number of hydrogen-bond donors (Lipinski definition) is 0. The summed E-state index contributed by atoms with van der Waals surface area (Å²) in [7, 11) is 2.07. The van der Waals surface area contributed by atoms with Crippen molar-refractivity contribution in [3.8, 4) is 11.3 Å². The van der Waals surface area contributed by atoms with E-state index in [4.69, 9.17) is 9.97 Å². The van der Waals surface area contributed by atoms with Crippen LogP contribution in [0, 0.1) is 0 Å². The van der Waals surface area contributed by atoms with Crippen LogP contribution in [0.25, 0.3) is 11.3 Å². The van der Waals surface area contributed by atoms with Crippen LogP contribution in [-0.2, 0) is 6.42 Å². The van der Waals surface area contributed by atoms with E-state index in [-0.39, 0.29) is 0 Å². The van der Waals surface area contributed by atoms with Crippen molar-refractivity contribution in [2.24, 2.45) is 0 Å². The Labute approximate surface area is 160 Å². The van der Waals surface area contributed by atoms with Crippen LogP contribution in [-0.4, -0.2) is 41.6 Å². The smallest absolute Gasteiger partial charge is 0.227 e. The van der Waals surface area contributed by atoms with Crippen LogP contribution in [0.3, 0.4) is 0 Å². The summed E-state index contributed by atoms with van der Waals surface area (Å²) in [6, 6.07) is 16.6. The Bertz CT molecular complexity index is 860. The summed E-state index contributed by atoms with van der Waals surface area (Å²) >= 11 is 0. The molecule has 0 N–H and O–H groups in total. The molecule has 3 aromatic rings. The van der Waals surface area contributed by atoms with E-state index in [2.05, 4.69) is 64.3 Å². The lowest BCUT2D eigenvalue weighted by atomic mass is 10.1. The maximum Gasteiger partial charge on any atom is 0.227 e. The number of anilines is 2. The Morgan fingerprint density at radius 3 is 2.44 bits per heavy atom. The van der Waals surface area contributed by atoms with Crippen LogP contribution in [0.2, 0.25) is 0 Å². The first-order valence-electron chi connectivity index (χ1n) is 9.59. The molecule has 0 amide bonds. The SMILES string of the molecule is CN(CCc1ccncc1)c1nc(-c2ccccc2)cc(N2CCCC2)n1. The van der Waals surface area contributed by atoms with Crippen molar-refractivity contribution in [3.05, 3.63) is 66.5 Å². The molecular weight excluding hydrogens is 334 g/mol. The van der Waals surface area contributed by atoms with E-state index in [1.54, 1.807) is 0 Å². The second-order valence-corrected chi connectivity index (χ2v) is 7.00. The zero-order valence-electron chi connectivity index (χ0n) is 15.8. The van der Waals surface area contributed by atoms with Crippen molar-refractivity contribution in [1.82, 2.24) is 15.0 Å². The molecule has 0 atom stereocenters. The van der Waals surface area contributed by atoms with Gasteiger partial charge in [-0.2, -0.15) is 4.98 Å². The van der Waals surface area contributed by atoms with Crippen LogP contribution in [0.1, 0.15) is 18.4 Å². The molecule has 0 bridgehead atoms. The van der Waals surface area contributed by atoms with E-state index in [0.29, 0.717) is 0 Å². The fraction of sp³-hybridized carbons (Fsp3) is 0.318. The molecule has 0 spiro atoms. The highest BCUT2D eigenvalue weighted by Crippen LogP contribution is 2.26. The monoisotopic (exact) mass is 359 g/mol. The number of rotatable bonds is 6. The highest BCUT2D eigenvalue weighted by molar-refractivity contribution is 5.65. The molecule has 138 valence electrons. The summed E-state index contributed by atoms with van der Waals surface area (Å²) in [5.41, 5.74) is 3.39. The number of nitrogens with zero attached hydrogens (tertiary/aromatic N) is 5. The lowest BCUT2D eigenvalue weighted by Crippen LogP contribution is -2.25. The molecule has 1 aromatic carbocycles. The van der Waals surface area contributed by atoms with Gasteiger partial charge < -0.3 is 9.80 Å². The Balaban J connectivity index is 1.61. The lowest BCUT2D eigenvalue weighted by molar-refractivity contribution is 0.828. The average Bonchev–Trinajstić information content (AvgIpc) is 3.28. The molecule has 5 heteroatoms. The highest BCUT2D eigenvalue weighted by Gasteiger charge is 2.17. The molecular formula is C22H25N5. The molecule has 1 aliphatic heterocycles. The molecule has 4 rings (SSSR count). The van der Waals surface area contributed by atoms with Crippen LogP contribution >= 0.6 is 0 Å². The van der Waals surface area contributed by atoms with E-state index in [0.717, 1.165) is 49.1 Å². The Morgan fingerprint density at radius 1 is 0.963 bits per heavy atom. The van der Waals surface area contributed by atoms with Gasteiger partial charge in [0.15, 0.2) is 0 Å². The summed E-state index contributed by atoms with van der Waals surface area (Å²) in [6.07, 6.45) is 7.09. The lowest BCUT2D eigenvalue weighted by Gasteiger charge is -2.22. The van der Waals surface area contributed by atoms with Crippen LogP contribution in [0.5, 0.6) is 0 Å². The van der Waals surface area contributed by atoms with Gasteiger partial charge in [-0.25, -0.2) is 4.98 Å². The van der Waals surface area contributed by atoms with Gasteiger partial charge in [0, 0.05) is 50.7 Å². The van der Waals surface area contributed by atoms with Crippen molar-refractivity contribution in [2.75, 3.05) is 36.5 Å². The standard InChI is InChI=1S/C22H25N5/c1-26(16-11-18-9-12-23-13-10-18)22-24-20(19-7-3-2-4-8-19)17-21(25-22)27-14-5-6-15-27/h2-4,7-10,12-13,17H,5-6,11,14-16H2,1H3. The van der Waals surface area contributed by atoms with Gasteiger partial charge in [-0.05, 0) is 37.0 Å². The summed E-state index contributed by atoms with van der Waals surface area (Å²) in [5.74, 6) is 1.82. The van der Waals surface area contributed by atoms with E-state index >= 15 is 0 Å². The zero-order valence-corrected chi connectivity index (χ0v) is 15.8.